The fourth-order valence-electron chi connectivity index (χ4n) is 1.34. The smallest absolute Gasteiger partial charge is 0.347 e. The van der Waals surface area contributed by atoms with Crippen molar-refractivity contribution in [2.45, 2.75) is 23.3 Å². The third kappa shape index (κ3) is 3.07. The van der Waals surface area contributed by atoms with Gasteiger partial charge >= 0.3 is 5.97 Å². The van der Waals surface area contributed by atoms with E-state index < -0.39 is 5.97 Å². The van der Waals surface area contributed by atoms with Crippen molar-refractivity contribution in [1.29, 1.82) is 5.26 Å². The molecular formula is C11H8N4O2S2. The number of rotatable bonds is 3. The first-order valence-electron chi connectivity index (χ1n) is 5.14. The van der Waals surface area contributed by atoms with E-state index in [2.05, 4.69) is 15.0 Å². The topological polar surface area (TPSA) is 99.8 Å². The molecule has 2 heterocycles. The van der Waals surface area contributed by atoms with Gasteiger partial charge in [0.15, 0.2) is 9.50 Å². The molecule has 8 heteroatoms. The molecule has 0 unspecified atom stereocenters. The maximum atomic E-state index is 10.9. The van der Waals surface area contributed by atoms with Crippen molar-refractivity contribution >= 4 is 29.1 Å². The Morgan fingerprint density at radius 3 is 2.74 bits per heavy atom. The van der Waals surface area contributed by atoms with E-state index in [1.165, 1.54) is 0 Å². The predicted molar refractivity (Wildman–Crippen MR) is 69.4 cm³/mol. The minimum Gasteiger partial charge on any atom is -0.477 e. The molecule has 96 valence electrons. The summed E-state index contributed by atoms with van der Waals surface area (Å²) < 4.78 is 0.546. The number of thiazole rings is 1. The number of carboxylic acid groups (broad SMARTS) is 1. The third-order valence-electron chi connectivity index (χ3n) is 2.10. The molecule has 2 rings (SSSR count). The largest absolute Gasteiger partial charge is 0.477 e. The molecule has 0 aliphatic rings. The summed E-state index contributed by atoms with van der Waals surface area (Å²) in [5, 5.41) is 18.2. The van der Waals surface area contributed by atoms with E-state index in [4.69, 9.17) is 10.4 Å². The summed E-state index contributed by atoms with van der Waals surface area (Å²) in [6.45, 7) is 3.41. The van der Waals surface area contributed by atoms with Gasteiger partial charge in [-0.05, 0) is 31.7 Å². The average Bonchev–Trinajstić information content (AvgIpc) is 2.69. The number of nitrogens with zero attached hydrogens (tertiary/aromatic N) is 4. The summed E-state index contributed by atoms with van der Waals surface area (Å²) in [4.78, 5) is 23.5. The molecule has 6 nitrogen and oxygen atoms in total. The standard InChI is InChI=1S/C11H8N4O2S2/c1-5-3-7(4-12)15-10(13-5)19-11-14-6(2)8(18-11)9(16)17/h3H,1-2H3,(H,16,17). The van der Waals surface area contributed by atoms with E-state index >= 15 is 0 Å². The Balaban J connectivity index is 2.31. The Kier molecular flexibility index (Phi) is 3.78. The Morgan fingerprint density at radius 2 is 2.16 bits per heavy atom. The van der Waals surface area contributed by atoms with Crippen LogP contribution in [0.3, 0.4) is 0 Å². The van der Waals surface area contributed by atoms with E-state index in [0.717, 1.165) is 23.1 Å². The first-order chi connectivity index (χ1) is 8.99. The molecule has 0 aliphatic carbocycles. The fraction of sp³-hybridized carbons (Fsp3) is 0.182. The van der Waals surface area contributed by atoms with Crippen molar-refractivity contribution in [3.63, 3.8) is 0 Å². The number of carboxylic acids is 1. The van der Waals surface area contributed by atoms with Crippen LogP contribution in [-0.4, -0.2) is 26.0 Å². The van der Waals surface area contributed by atoms with E-state index in [-0.39, 0.29) is 10.6 Å². The lowest BCUT2D eigenvalue weighted by Gasteiger charge is -1.98. The monoisotopic (exact) mass is 292 g/mol. The van der Waals surface area contributed by atoms with Crippen LogP contribution < -0.4 is 0 Å². The lowest BCUT2D eigenvalue weighted by molar-refractivity contribution is 0.0701. The molecular weight excluding hydrogens is 284 g/mol. The van der Waals surface area contributed by atoms with E-state index in [1.807, 2.05) is 6.07 Å². The molecule has 0 saturated heterocycles. The van der Waals surface area contributed by atoms with Gasteiger partial charge in [-0.2, -0.15) is 5.26 Å². The fourth-order valence-corrected chi connectivity index (χ4v) is 3.29. The minimum atomic E-state index is -0.996. The Bertz CT molecular complexity index is 690. The molecule has 0 fully saturated rings. The zero-order valence-corrected chi connectivity index (χ0v) is 11.7. The second-order valence-electron chi connectivity index (χ2n) is 3.59. The van der Waals surface area contributed by atoms with Crippen LogP contribution in [0.1, 0.15) is 26.8 Å². The molecule has 1 N–H and O–H groups in total. The molecule has 0 radical (unpaired) electrons. The van der Waals surface area contributed by atoms with E-state index in [1.54, 1.807) is 19.9 Å². The molecule has 0 bridgehead atoms. The molecule has 19 heavy (non-hydrogen) atoms. The van der Waals surface area contributed by atoms with Crippen LogP contribution in [-0.2, 0) is 0 Å². The van der Waals surface area contributed by atoms with Crippen LogP contribution in [0.15, 0.2) is 15.6 Å². The van der Waals surface area contributed by atoms with Gasteiger partial charge in [0.05, 0.1) is 5.69 Å². The first kappa shape index (κ1) is 13.5. The minimum absolute atomic E-state index is 0.204. The predicted octanol–water partition coefficient (Wildman–Crippen LogP) is 2.27. The van der Waals surface area contributed by atoms with Crippen LogP contribution in [0.25, 0.3) is 0 Å². The summed E-state index contributed by atoms with van der Waals surface area (Å²) in [7, 11) is 0. The number of carbonyl (C=O) groups is 1. The summed E-state index contributed by atoms with van der Waals surface area (Å²) >= 11 is 2.23. The quantitative estimate of drug-likeness (QED) is 0.866. The Morgan fingerprint density at radius 1 is 1.42 bits per heavy atom. The number of nitriles is 1. The van der Waals surface area contributed by atoms with Crippen molar-refractivity contribution in [2.24, 2.45) is 0 Å². The number of aryl methyl sites for hydroxylation is 2. The highest BCUT2D eigenvalue weighted by atomic mass is 32.2. The highest BCUT2D eigenvalue weighted by Crippen LogP contribution is 2.31. The number of aromatic carboxylic acids is 1. The van der Waals surface area contributed by atoms with Gasteiger partial charge in [-0.25, -0.2) is 19.7 Å². The van der Waals surface area contributed by atoms with E-state index in [9.17, 15) is 4.79 Å². The van der Waals surface area contributed by atoms with Crippen molar-refractivity contribution in [1.82, 2.24) is 15.0 Å². The van der Waals surface area contributed by atoms with Crippen molar-refractivity contribution in [2.75, 3.05) is 0 Å². The van der Waals surface area contributed by atoms with Gasteiger partial charge in [0.1, 0.15) is 16.6 Å². The van der Waals surface area contributed by atoms with Gasteiger partial charge < -0.3 is 5.11 Å². The molecule has 0 aliphatic heterocycles. The maximum absolute atomic E-state index is 10.9. The van der Waals surface area contributed by atoms with Crippen LogP contribution in [0.5, 0.6) is 0 Å². The Labute approximate surface area is 117 Å². The summed E-state index contributed by atoms with van der Waals surface area (Å²) in [5.74, 6) is -0.996. The molecule has 0 amide bonds. The van der Waals surface area contributed by atoms with Crippen LogP contribution in [0, 0.1) is 25.2 Å². The van der Waals surface area contributed by atoms with Crippen molar-refractivity contribution < 1.29 is 9.90 Å². The summed E-state index contributed by atoms with van der Waals surface area (Å²) in [6, 6.07) is 3.54. The van der Waals surface area contributed by atoms with E-state index in [0.29, 0.717) is 20.9 Å². The van der Waals surface area contributed by atoms with Gasteiger partial charge in [0, 0.05) is 5.69 Å². The van der Waals surface area contributed by atoms with Gasteiger partial charge in [0.25, 0.3) is 0 Å². The maximum Gasteiger partial charge on any atom is 0.347 e. The zero-order valence-electron chi connectivity index (χ0n) is 10.0. The average molecular weight is 292 g/mol. The second-order valence-corrected chi connectivity index (χ2v) is 5.80. The van der Waals surface area contributed by atoms with Gasteiger partial charge in [-0.1, -0.05) is 11.3 Å². The van der Waals surface area contributed by atoms with Crippen molar-refractivity contribution in [3.8, 4) is 6.07 Å². The van der Waals surface area contributed by atoms with Gasteiger partial charge in [-0.15, -0.1) is 0 Å². The van der Waals surface area contributed by atoms with Crippen LogP contribution in [0.2, 0.25) is 0 Å². The summed E-state index contributed by atoms with van der Waals surface area (Å²) in [5.41, 5.74) is 1.43. The zero-order chi connectivity index (χ0) is 14.0. The number of hydrogen-bond acceptors (Lipinski definition) is 7. The SMILES string of the molecule is Cc1cc(C#N)nc(Sc2nc(C)c(C(=O)O)s2)n1. The highest BCUT2D eigenvalue weighted by Gasteiger charge is 2.15. The summed E-state index contributed by atoms with van der Waals surface area (Å²) in [6.07, 6.45) is 0. The molecule has 0 saturated carbocycles. The second kappa shape index (κ2) is 5.34. The van der Waals surface area contributed by atoms with Gasteiger partial charge in [-0.3, -0.25) is 0 Å². The van der Waals surface area contributed by atoms with Gasteiger partial charge in [0.2, 0.25) is 0 Å². The normalized spacial score (nSPS) is 10.2. The van der Waals surface area contributed by atoms with Crippen LogP contribution in [0.4, 0.5) is 0 Å². The molecule has 2 aromatic heterocycles. The lowest BCUT2D eigenvalue weighted by atomic mass is 10.4. The lowest BCUT2D eigenvalue weighted by Crippen LogP contribution is -1.94. The van der Waals surface area contributed by atoms with Crippen LogP contribution >= 0.6 is 23.1 Å². The highest BCUT2D eigenvalue weighted by molar-refractivity contribution is 8.00. The first-order valence-corrected chi connectivity index (χ1v) is 6.77. The third-order valence-corrected chi connectivity index (χ3v) is 4.17. The Hall–Kier alpha value is -1.98. The molecule has 0 atom stereocenters. The molecule has 0 spiro atoms. The number of hydrogen-bond donors (Lipinski definition) is 1. The molecule has 0 aromatic carbocycles. The molecule has 2 aromatic rings. The number of aromatic nitrogens is 3. The van der Waals surface area contributed by atoms with Crippen molar-refractivity contribution in [3.05, 3.63) is 28.0 Å².